The molecule has 0 aromatic carbocycles. The number of hydrogen-bond acceptors (Lipinski definition) is 4. The first-order valence-corrected chi connectivity index (χ1v) is 7.66. The Morgan fingerprint density at radius 3 is 2.72 bits per heavy atom. The zero-order valence-corrected chi connectivity index (χ0v) is 11.7. The minimum absolute atomic E-state index is 0.0329. The summed E-state index contributed by atoms with van der Waals surface area (Å²) in [4.78, 5) is 0. The molecule has 2 rings (SSSR count). The van der Waals surface area contributed by atoms with Crippen molar-refractivity contribution in [1.29, 1.82) is 0 Å². The molecule has 5 nitrogen and oxygen atoms in total. The van der Waals surface area contributed by atoms with E-state index in [9.17, 15) is 8.42 Å². The van der Waals surface area contributed by atoms with E-state index in [2.05, 4.69) is 31.2 Å². The zero-order chi connectivity index (χ0) is 13.4. The third kappa shape index (κ3) is 3.20. The van der Waals surface area contributed by atoms with E-state index in [1.807, 2.05) is 17.1 Å². The summed E-state index contributed by atoms with van der Waals surface area (Å²) >= 11 is 0. The van der Waals surface area contributed by atoms with Gasteiger partial charge >= 0.3 is 0 Å². The summed E-state index contributed by atoms with van der Waals surface area (Å²) in [5, 5.41) is 8.78. The molecule has 1 aliphatic heterocycles. The number of nitrogens with zero attached hydrogens (tertiary/aromatic N) is 2. The van der Waals surface area contributed by atoms with Crippen molar-refractivity contribution in [1.82, 2.24) is 15.1 Å². The molecular formula is C12H19N3O2S. The monoisotopic (exact) mass is 269 g/mol. The molecule has 18 heavy (non-hydrogen) atoms. The number of sulfone groups is 1. The lowest BCUT2D eigenvalue weighted by Crippen LogP contribution is -2.29. The van der Waals surface area contributed by atoms with Crippen LogP contribution in [0.4, 0.5) is 0 Å². The van der Waals surface area contributed by atoms with E-state index in [1.165, 1.54) is 5.41 Å². The Bertz CT molecular complexity index is 552. The van der Waals surface area contributed by atoms with Crippen LogP contribution in [0.25, 0.3) is 0 Å². The summed E-state index contributed by atoms with van der Waals surface area (Å²) in [5.41, 5.74) is 1.03. The lowest BCUT2D eigenvalue weighted by atomic mass is 10.1. The molecule has 0 fully saturated rings. The molecular weight excluding hydrogens is 250 g/mol. The summed E-state index contributed by atoms with van der Waals surface area (Å²) in [7, 11) is -2.98. The van der Waals surface area contributed by atoms with Crippen molar-refractivity contribution in [3.8, 4) is 0 Å². The molecule has 100 valence electrons. The van der Waals surface area contributed by atoms with Crippen molar-refractivity contribution in [3.05, 3.63) is 29.4 Å². The molecule has 0 saturated carbocycles. The lowest BCUT2D eigenvalue weighted by Gasteiger charge is -2.18. The molecule has 1 aliphatic rings. The van der Waals surface area contributed by atoms with Gasteiger partial charge in [-0.15, -0.1) is 0 Å². The summed E-state index contributed by atoms with van der Waals surface area (Å²) < 4.78 is 24.4. The summed E-state index contributed by atoms with van der Waals surface area (Å²) in [6.45, 7) is 6.89. The van der Waals surface area contributed by atoms with E-state index in [1.54, 1.807) is 6.08 Å². The molecule has 0 saturated heterocycles. The van der Waals surface area contributed by atoms with E-state index in [0.29, 0.717) is 6.54 Å². The normalized spacial score (nSPS) is 22.5. The van der Waals surface area contributed by atoms with E-state index in [4.69, 9.17) is 0 Å². The molecule has 0 bridgehead atoms. The molecule has 0 amide bonds. The molecule has 1 aromatic heterocycles. The van der Waals surface area contributed by atoms with Gasteiger partial charge in [-0.1, -0.05) is 6.08 Å². The van der Waals surface area contributed by atoms with E-state index >= 15 is 0 Å². The van der Waals surface area contributed by atoms with Crippen molar-refractivity contribution < 1.29 is 8.42 Å². The van der Waals surface area contributed by atoms with Crippen LogP contribution < -0.4 is 5.32 Å². The van der Waals surface area contributed by atoms with Crippen LogP contribution in [0, 0.1) is 0 Å². The van der Waals surface area contributed by atoms with Crippen LogP contribution in [0.3, 0.4) is 0 Å². The third-order valence-electron chi connectivity index (χ3n) is 2.82. The molecule has 6 heteroatoms. The van der Waals surface area contributed by atoms with Gasteiger partial charge in [-0.05, 0) is 20.8 Å². The fourth-order valence-electron chi connectivity index (χ4n) is 1.77. The lowest BCUT2D eigenvalue weighted by molar-refractivity contribution is 0.355. The smallest absolute Gasteiger partial charge is 0.173 e. The number of nitrogens with one attached hydrogen (secondary N) is 1. The fourth-order valence-corrected chi connectivity index (χ4v) is 3.04. The second-order valence-electron chi connectivity index (χ2n) is 5.61. The molecule has 1 unspecified atom stereocenters. The van der Waals surface area contributed by atoms with Gasteiger partial charge in [0.15, 0.2) is 9.84 Å². The quantitative estimate of drug-likeness (QED) is 0.890. The van der Waals surface area contributed by atoms with Crippen LogP contribution >= 0.6 is 0 Å². The average molecular weight is 269 g/mol. The molecule has 1 aromatic rings. The summed E-state index contributed by atoms with van der Waals surface area (Å²) in [6.07, 6.45) is 5.50. The molecule has 2 heterocycles. The highest BCUT2D eigenvalue weighted by Gasteiger charge is 2.21. The standard InChI is InChI=1S/C12H19N3O2S/c1-12(2,3)15-8-10(7-14-15)6-13-11-4-5-18(16,17)9-11/h4-5,7-8,11,13H,6,9H2,1-3H3. The average Bonchev–Trinajstić information content (AvgIpc) is 2.80. The van der Waals surface area contributed by atoms with Gasteiger partial charge < -0.3 is 5.32 Å². The minimum Gasteiger partial charge on any atom is -0.305 e. The van der Waals surface area contributed by atoms with E-state index < -0.39 is 9.84 Å². The highest BCUT2D eigenvalue weighted by atomic mass is 32.2. The molecule has 0 aliphatic carbocycles. The predicted octanol–water partition coefficient (Wildman–Crippen LogP) is 1.04. The van der Waals surface area contributed by atoms with Crippen LogP contribution in [0.2, 0.25) is 0 Å². The maximum Gasteiger partial charge on any atom is 0.173 e. The maximum atomic E-state index is 11.2. The number of rotatable bonds is 3. The van der Waals surface area contributed by atoms with Crippen LogP contribution in [0.1, 0.15) is 26.3 Å². The van der Waals surface area contributed by atoms with Crippen molar-refractivity contribution in [2.75, 3.05) is 5.75 Å². The van der Waals surface area contributed by atoms with Gasteiger partial charge in [0.25, 0.3) is 0 Å². The Morgan fingerprint density at radius 2 is 2.22 bits per heavy atom. The highest BCUT2D eigenvalue weighted by molar-refractivity contribution is 7.94. The molecule has 1 N–H and O–H groups in total. The number of aromatic nitrogens is 2. The van der Waals surface area contributed by atoms with Gasteiger partial charge in [0.1, 0.15) is 0 Å². The van der Waals surface area contributed by atoms with Crippen molar-refractivity contribution >= 4 is 9.84 Å². The molecule has 0 radical (unpaired) electrons. The van der Waals surface area contributed by atoms with Gasteiger partial charge in [-0.2, -0.15) is 5.10 Å². The Kier molecular flexibility index (Phi) is 3.33. The van der Waals surface area contributed by atoms with Crippen LogP contribution in [-0.4, -0.2) is 30.0 Å². The van der Waals surface area contributed by atoms with Crippen LogP contribution in [0.5, 0.6) is 0 Å². The van der Waals surface area contributed by atoms with Gasteiger partial charge in [0.05, 0.1) is 17.5 Å². The molecule has 1 atom stereocenters. The Labute approximate surface area is 108 Å². The van der Waals surface area contributed by atoms with Crippen molar-refractivity contribution in [2.45, 2.75) is 38.9 Å². The summed E-state index contributed by atoms with van der Waals surface area (Å²) in [6, 6.07) is -0.0898. The minimum atomic E-state index is -2.98. The summed E-state index contributed by atoms with van der Waals surface area (Å²) in [5.74, 6) is 0.153. The second kappa shape index (κ2) is 4.51. The third-order valence-corrected chi connectivity index (χ3v) is 4.22. The first-order valence-electron chi connectivity index (χ1n) is 5.95. The second-order valence-corrected chi connectivity index (χ2v) is 7.54. The van der Waals surface area contributed by atoms with Gasteiger partial charge in [-0.25, -0.2) is 8.42 Å². The first kappa shape index (κ1) is 13.3. The Balaban J connectivity index is 1.92. The van der Waals surface area contributed by atoms with Gasteiger partial charge in [-0.3, -0.25) is 4.68 Å². The van der Waals surface area contributed by atoms with Crippen LogP contribution in [-0.2, 0) is 21.9 Å². The fraction of sp³-hybridized carbons (Fsp3) is 0.583. The van der Waals surface area contributed by atoms with Crippen molar-refractivity contribution in [3.63, 3.8) is 0 Å². The topological polar surface area (TPSA) is 64.0 Å². The largest absolute Gasteiger partial charge is 0.305 e. The number of hydrogen-bond donors (Lipinski definition) is 1. The maximum absolute atomic E-state index is 11.2. The predicted molar refractivity (Wildman–Crippen MR) is 70.8 cm³/mol. The van der Waals surface area contributed by atoms with Gasteiger partial charge in [0.2, 0.25) is 0 Å². The van der Waals surface area contributed by atoms with Gasteiger partial charge in [0, 0.05) is 29.8 Å². The van der Waals surface area contributed by atoms with E-state index in [0.717, 1.165) is 5.56 Å². The first-order chi connectivity index (χ1) is 8.26. The Hall–Kier alpha value is -1.14. The Morgan fingerprint density at radius 1 is 1.50 bits per heavy atom. The van der Waals surface area contributed by atoms with Crippen molar-refractivity contribution in [2.24, 2.45) is 0 Å². The SMILES string of the molecule is CC(C)(C)n1cc(CNC2C=CS(=O)(=O)C2)cn1. The molecule has 0 spiro atoms. The zero-order valence-electron chi connectivity index (χ0n) is 10.9. The highest BCUT2D eigenvalue weighted by Crippen LogP contribution is 2.14. The van der Waals surface area contributed by atoms with Crippen LogP contribution in [0.15, 0.2) is 23.9 Å². The van der Waals surface area contributed by atoms with E-state index in [-0.39, 0.29) is 17.3 Å².